The Hall–Kier alpha value is -2.82. The molecule has 0 atom stereocenters. The van der Waals surface area contributed by atoms with Crippen molar-refractivity contribution in [3.63, 3.8) is 0 Å². The van der Waals surface area contributed by atoms with Crippen LogP contribution in [0.15, 0.2) is 48.7 Å². The first-order valence-electron chi connectivity index (χ1n) is 10.9. The van der Waals surface area contributed by atoms with Gasteiger partial charge in [0.25, 0.3) is 0 Å². The molecule has 0 aliphatic rings. The molecule has 4 rings (SSSR count). The van der Waals surface area contributed by atoms with Gasteiger partial charge in [-0.25, -0.2) is 0 Å². The van der Waals surface area contributed by atoms with E-state index in [9.17, 15) is 5.26 Å². The Morgan fingerprint density at radius 2 is 1.82 bits per heavy atom. The van der Waals surface area contributed by atoms with Crippen molar-refractivity contribution in [1.82, 2.24) is 9.88 Å². The second kappa shape index (κ2) is 10.6. The monoisotopic (exact) mass is 510 g/mol. The lowest BCUT2D eigenvalue weighted by atomic mass is 10.1. The van der Waals surface area contributed by atoms with Gasteiger partial charge in [-0.2, -0.15) is 5.26 Å². The summed E-state index contributed by atoms with van der Waals surface area (Å²) in [4.78, 5) is 7.98. The molecule has 0 saturated heterocycles. The van der Waals surface area contributed by atoms with Crippen molar-refractivity contribution in [1.29, 1.82) is 5.26 Å². The number of ether oxygens (including phenoxy) is 1. The first kappa shape index (κ1) is 24.3. The van der Waals surface area contributed by atoms with E-state index in [1.54, 1.807) is 36.8 Å². The van der Waals surface area contributed by atoms with Crippen molar-refractivity contribution in [2.24, 2.45) is 0 Å². The number of rotatable bonds is 8. The Kier molecular flexibility index (Phi) is 7.60. The van der Waals surface area contributed by atoms with Gasteiger partial charge >= 0.3 is 0 Å². The van der Waals surface area contributed by atoms with Crippen molar-refractivity contribution in [3.8, 4) is 22.3 Å². The Labute approximate surface area is 213 Å². The van der Waals surface area contributed by atoms with Gasteiger partial charge in [-0.05, 0) is 36.3 Å². The molecule has 0 aliphatic carbocycles. The molecule has 2 aromatic carbocycles. The molecule has 0 saturated carbocycles. The number of methoxy groups -OCH3 is 1. The third-order valence-corrected chi connectivity index (χ3v) is 7.50. The van der Waals surface area contributed by atoms with Gasteiger partial charge in [-0.15, -0.1) is 11.3 Å². The predicted octanol–water partition coefficient (Wildman–Crippen LogP) is 7.74. The fraction of sp³-hybridized carbons (Fsp3) is 0.231. The van der Waals surface area contributed by atoms with Crippen molar-refractivity contribution in [2.45, 2.75) is 20.4 Å². The minimum absolute atomic E-state index is 0.418. The highest BCUT2D eigenvalue weighted by molar-refractivity contribution is 7.22. The van der Waals surface area contributed by atoms with Crippen LogP contribution >= 0.6 is 34.5 Å². The number of aromatic nitrogens is 1. The summed E-state index contributed by atoms with van der Waals surface area (Å²) >= 11 is 14.2. The molecular weight excluding hydrogens is 487 g/mol. The third kappa shape index (κ3) is 4.98. The molecule has 0 fully saturated rings. The Morgan fingerprint density at radius 1 is 1.09 bits per heavy atom. The summed E-state index contributed by atoms with van der Waals surface area (Å²) < 4.78 is 6.20. The van der Waals surface area contributed by atoms with Gasteiger partial charge in [0.15, 0.2) is 0 Å². The van der Waals surface area contributed by atoms with Crippen LogP contribution in [0.1, 0.15) is 25.0 Å². The number of nitrogens with one attached hydrogen (secondary N) is 1. The van der Waals surface area contributed by atoms with Crippen LogP contribution < -0.4 is 10.1 Å². The maximum atomic E-state index is 9.73. The zero-order chi connectivity index (χ0) is 24.2. The van der Waals surface area contributed by atoms with Gasteiger partial charge in [-0.3, -0.25) is 9.88 Å². The highest BCUT2D eigenvalue weighted by Crippen LogP contribution is 2.41. The molecule has 34 heavy (non-hydrogen) atoms. The number of fused-ring (bicyclic) bond motifs is 1. The smallest absolute Gasteiger partial charge is 0.139 e. The molecule has 174 valence electrons. The van der Waals surface area contributed by atoms with Crippen molar-refractivity contribution in [2.75, 3.05) is 25.5 Å². The zero-order valence-corrected chi connectivity index (χ0v) is 21.5. The molecule has 0 unspecified atom stereocenters. The van der Waals surface area contributed by atoms with E-state index in [1.807, 2.05) is 0 Å². The van der Waals surface area contributed by atoms with E-state index >= 15 is 0 Å². The maximum Gasteiger partial charge on any atom is 0.139 e. The first-order chi connectivity index (χ1) is 16.5. The minimum atomic E-state index is 0.418. The predicted molar refractivity (Wildman–Crippen MR) is 143 cm³/mol. The number of anilines is 2. The second-order valence-corrected chi connectivity index (χ2v) is 9.60. The highest BCUT2D eigenvalue weighted by Gasteiger charge is 2.16. The van der Waals surface area contributed by atoms with Crippen LogP contribution in [0, 0.1) is 11.3 Å². The number of benzene rings is 2. The van der Waals surface area contributed by atoms with E-state index in [-0.39, 0.29) is 0 Å². The molecule has 4 aromatic rings. The molecule has 0 aliphatic heterocycles. The lowest BCUT2D eigenvalue weighted by molar-refractivity contribution is 0.296. The van der Waals surface area contributed by atoms with E-state index in [0.29, 0.717) is 32.7 Å². The molecule has 0 bridgehead atoms. The number of thiophene rings is 1. The Bertz CT molecular complexity index is 1360. The van der Waals surface area contributed by atoms with Gasteiger partial charge in [0.05, 0.1) is 44.3 Å². The van der Waals surface area contributed by atoms with Gasteiger partial charge in [0, 0.05) is 23.7 Å². The first-order valence-corrected chi connectivity index (χ1v) is 12.5. The van der Waals surface area contributed by atoms with Gasteiger partial charge in [0.2, 0.25) is 0 Å². The molecule has 0 spiro atoms. The molecule has 0 amide bonds. The topological polar surface area (TPSA) is 61.2 Å². The van der Waals surface area contributed by atoms with Crippen molar-refractivity contribution < 1.29 is 4.74 Å². The molecule has 8 heteroatoms. The van der Waals surface area contributed by atoms with Gasteiger partial charge in [-0.1, -0.05) is 61.3 Å². The van der Waals surface area contributed by atoms with Crippen LogP contribution in [-0.2, 0) is 6.54 Å². The molecule has 2 heterocycles. The van der Waals surface area contributed by atoms with Gasteiger partial charge in [0.1, 0.15) is 11.8 Å². The highest BCUT2D eigenvalue weighted by atomic mass is 35.5. The van der Waals surface area contributed by atoms with Crippen LogP contribution in [0.2, 0.25) is 10.0 Å². The quantitative estimate of drug-likeness (QED) is 0.262. The average molecular weight is 511 g/mol. The standard InChI is InChI=1S/C26H24Cl2N4OS/c1-4-32(5-2)15-16-6-8-17(9-7-16)24-12-22-26(34-24)25(18(13-29)14-30-22)31-21-11-23(33-3)20(28)10-19(21)27/h6-12,14H,4-5,15H2,1-3H3,(H,30,31). The van der Waals surface area contributed by atoms with Crippen molar-refractivity contribution in [3.05, 3.63) is 69.8 Å². The summed E-state index contributed by atoms with van der Waals surface area (Å²) in [6.45, 7) is 7.35. The lowest BCUT2D eigenvalue weighted by Crippen LogP contribution is -2.21. The summed E-state index contributed by atoms with van der Waals surface area (Å²) in [6, 6.07) is 16.3. The number of hydrogen-bond donors (Lipinski definition) is 1. The summed E-state index contributed by atoms with van der Waals surface area (Å²) in [6.07, 6.45) is 1.58. The van der Waals surface area contributed by atoms with Crippen LogP contribution in [0.4, 0.5) is 11.4 Å². The zero-order valence-electron chi connectivity index (χ0n) is 19.2. The van der Waals surface area contributed by atoms with E-state index in [1.165, 1.54) is 5.56 Å². The molecular formula is C26H24Cl2N4OS. The Balaban J connectivity index is 1.71. The summed E-state index contributed by atoms with van der Waals surface area (Å²) in [5, 5.41) is 13.9. The minimum Gasteiger partial charge on any atom is -0.495 e. The number of hydrogen-bond acceptors (Lipinski definition) is 6. The maximum absolute atomic E-state index is 9.73. The van der Waals surface area contributed by atoms with Crippen LogP contribution in [-0.4, -0.2) is 30.1 Å². The van der Waals surface area contributed by atoms with Crippen LogP contribution in [0.25, 0.3) is 20.7 Å². The molecule has 0 radical (unpaired) electrons. The van der Waals surface area contributed by atoms with E-state index in [0.717, 1.165) is 40.3 Å². The van der Waals surface area contributed by atoms with Crippen LogP contribution in [0.3, 0.4) is 0 Å². The summed E-state index contributed by atoms with van der Waals surface area (Å²) in [5.74, 6) is 0.494. The third-order valence-electron chi connectivity index (χ3n) is 5.70. The second-order valence-electron chi connectivity index (χ2n) is 7.73. The fourth-order valence-electron chi connectivity index (χ4n) is 3.72. The van der Waals surface area contributed by atoms with E-state index in [4.69, 9.17) is 27.9 Å². The number of nitriles is 1. The van der Waals surface area contributed by atoms with Gasteiger partial charge < -0.3 is 10.1 Å². The molecule has 2 aromatic heterocycles. The van der Waals surface area contributed by atoms with Crippen molar-refractivity contribution >= 4 is 56.1 Å². The molecule has 1 N–H and O–H groups in total. The number of nitrogens with zero attached hydrogens (tertiary/aromatic N) is 3. The van der Waals surface area contributed by atoms with E-state index < -0.39 is 0 Å². The van der Waals surface area contributed by atoms with Crippen LogP contribution in [0.5, 0.6) is 5.75 Å². The largest absolute Gasteiger partial charge is 0.495 e. The van der Waals surface area contributed by atoms with E-state index in [2.05, 4.69) is 65.4 Å². The number of halogens is 2. The average Bonchev–Trinajstić information content (AvgIpc) is 3.29. The summed E-state index contributed by atoms with van der Waals surface area (Å²) in [7, 11) is 1.54. The normalized spacial score (nSPS) is 11.1. The number of pyridine rings is 1. The molecule has 5 nitrogen and oxygen atoms in total. The summed E-state index contributed by atoms with van der Waals surface area (Å²) in [5.41, 5.74) is 4.90. The Morgan fingerprint density at radius 3 is 2.47 bits per heavy atom. The SMILES string of the molecule is CCN(CC)Cc1ccc(-c2cc3ncc(C#N)c(Nc4cc(OC)c(Cl)cc4Cl)c3s2)cc1. The lowest BCUT2D eigenvalue weighted by Gasteiger charge is -2.17. The fourth-order valence-corrected chi connectivity index (χ4v) is 5.36.